The van der Waals surface area contributed by atoms with E-state index in [1.54, 1.807) is 0 Å². The summed E-state index contributed by atoms with van der Waals surface area (Å²) in [7, 11) is 0. The molecular formula is C19H38N2. The van der Waals surface area contributed by atoms with E-state index in [4.69, 9.17) is 0 Å². The molecule has 1 saturated heterocycles. The molecule has 124 valence electrons. The van der Waals surface area contributed by atoms with Crippen molar-refractivity contribution >= 4 is 0 Å². The smallest absolute Gasteiger partial charge is 0.0309 e. The molecule has 2 fully saturated rings. The van der Waals surface area contributed by atoms with Crippen LogP contribution >= 0.6 is 0 Å². The lowest BCUT2D eigenvalue weighted by atomic mass is 9.79. The normalized spacial score (nSPS) is 26.3. The molecule has 2 nitrogen and oxygen atoms in total. The monoisotopic (exact) mass is 294 g/mol. The van der Waals surface area contributed by atoms with Crippen molar-refractivity contribution in [2.45, 2.75) is 102 Å². The molecule has 1 spiro atoms. The van der Waals surface area contributed by atoms with Gasteiger partial charge in [0.15, 0.2) is 0 Å². The fourth-order valence-electron chi connectivity index (χ4n) is 4.36. The van der Waals surface area contributed by atoms with Crippen LogP contribution in [0.1, 0.15) is 90.9 Å². The Kier molecular flexibility index (Phi) is 7.53. The lowest BCUT2D eigenvalue weighted by Gasteiger charge is -2.49. The molecule has 21 heavy (non-hydrogen) atoms. The predicted molar refractivity (Wildman–Crippen MR) is 92.8 cm³/mol. The Balaban J connectivity index is 1.74. The summed E-state index contributed by atoms with van der Waals surface area (Å²) in [5, 5.41) is 3.94. The van der Waals surface area contributed by atoms with Crippen molar-refractivity contribution in [3.05, 3.63) is 0 Å². The van der Waals surface area contributed by atoms with E-state index < -0.39 is 0 Å². The minimum Gasteiger partial charge on any atom is -0.308 e. The average molecular weight is 295 g/mol. The fraction of sp³-hybridized carbons (Fsp3) is 1.00. The Hall–Kier alpha value is -0.0800. The van der Waals surface area contributed by atoms with Gasteiger partial charge < -0.3 is 5.32 Å². The summed E-state index contributed by atoms with van der Waals surface area (Å²) in [5.41, 5.74) is 0.478. The first-order chi connectivity index (χ1) is 10.3. The van der Waals surface area contributed by atoms with Crippen molar-refractivity contribution in [1.29, 1.82) is 0 Å². The molecule has 0 aromatic carbocycles. The predicted octanol–water partition coefficient (Wildman–Crippen LogP) is 4.73. The second kappa shape index (κ2) is 9.15. The maximum absolute atomic E-state index is 3.94. The zero-order valence-electron chi connectivity index (χ0n) is 14.6. The summed E-state index contributed by atoms with van der Waals surface area (Å²) in [6.07, 6.45) is 17.0. The maximum atomic E-state index is 3.94. The Labute approximate surface area is 133 Å². The molecular weight excluding hydrogens is 256 g/mol. The highest BCUT2D eigenvalue weighted by Crippen LogP contribution is 2.32. The summed E-state index contributed by atoms with van der Waals surface area (Å²) in [6, 6.07) is 0.785. The largest absolute Gasteiger partial charge is 0.308 e. The molecule has 1 heterocycles. The molecule has 1 N–H and O–H groups in total. The van der Waals surface area contributed by atoms with E-state index in [-0.39, 0.29) is 0 Å². The van der Waals surface area contributed by atoms with Crippen molar-refractivity contribution in [2.24, 2.45) is 0 Å². The number of piperazine rings is 1. The summed E-state index contributed by atoms with van der Waals surface area (Å²) in [6.45, 7) is 8.55. The minimum absolute atomic E-state index is 0.478. The van der Waals surface area contributed by atoms with Gasteiger partial charge in [-0.25, -0.2) is 0 Å². The maximum Gasteiger partial charge on any atom is 0.0309 e. The first-order valence-corrected chi connectivity index (χ1v) is 9.79. The Morgan fingerprint density at radius 3 is 2.38 bits per heavy atom. The molecule has 2 heteroatoms. The van der Waals surface area contributed by atoms with Crippen LogP contribution in [-0.4, -0.2) is 36.1 Å². The molecule has 2 aliphatic rings. The van der Waals surface area contributed by atoms with Gasteiger partial charge in [-0.15, -0.1) is 0 Å². The topological polar surface area (TPSA) is 15.3 Å². The van der Waals surface area contributed by atoms with Crippen LogP contribution in [0.3, 0.4) is 0 Å². The molecule has 1 saturated carbocycles. The first kappa shape index (κ1) is 17.3. The quantitative estimate of drug-likeness (QED) is 0.651. The molecule has 0 radical (unpaired) electrons. The van der Waals surface area contributed by atoms with E-state index in [1.165, 1.54) is 96.7 Å². The number of unbranched alkanes of at least 4 members (excludes halogenated alkanes) is 5. The van der Waals surface area contributed by atoms with Crippen molar-refractivity contribution in [1.82, 2.24) is 10.2 Å². The molecule has 0 amide bonds. The van der Waals surface area contributed by atoms with Gasteiger partial charge in [0, 0.05) is 24.7 Å². The van der Waals surface area contributed by atoms with Crippen molar-refractivity contribution in [3.8, 4) is 0 Å². The molecule has 1 aliphatic heterocycles. The van der Waals surface area contributed by atoms with Crippen molar-refractivity contribution in [2.75, 3.05) is 19.6 Å². The van der Waals surface area contributed by atoms with Gasteiger partial charge in [-0.2, -0.15) is 0 Å². The number of hydrogen-bond donors (Lipinski definition) is 1. The van der Waals surface area contributed by atoms with Crippen LogP contribution in [0.2, 0.25) is 0 Å². The van der Waals surface area contributed by atoms with Crippen LogP contribution in [0, 0.1) is 0 Å². The van der Waals surface area contributed by atoms with E-state index in [1.807, 2.05) is 0 Å². The van der Waals surface area contributed by atoms with E-state index in [9.17, 15) is 0 Å². The first-order valence-electron chi connectivity index (χ1n) is 9.79. The summed E-state index contributed by atoms with van der Waals surface area (Å²) in [5.74, 6) is 0. The van der Waals surface area contributed by atoms with Gasteiger partial charge in [0.05, 0.1) is 0 Å². The number of nitrogens with zero attached hydrogens (tertiary/aromatic N) is 1. The molecule has 1 unspecified atom stereocenters. The van der Waals surface area contributed by atoms with Gasteiger partial charge in [-0.1, -0.05) is 65.2 Å². The third-order valence-electron chi connectivity index (χ3n) is 5.82. The standard InChI is InChI=1S/C19H38N2/c1-3-5-6-7-8-12-15-21-17-19(13-10-9-11-14-19)20-16-18(21)4-2/h18,20H,3-17H2,1-2H3. The molecule has 0 aromatic heterocycles. The van der Waals surface area contributed by atoms with Crippen LogP contribution in [0.4, 0.5) is 0 Å². The van der Waals surface area contributed by atoms with Crippen molar-refractivity contribution in [3.63, 3.8) is 0 Å². The van der Waals surface area contributed by atoms with Gasteiger partial charge in [0.1, 0.15) is 0 Å². The van der Waals surface area contributed by atoms with Crippen LogP contribution < -0.4 is 5.32 Å². The number of nitrogens with one attached hydrogen (secondary N) is 1. The van der Waals surface area contributed by atoms with E-state index in [2.05, 4.69) is 24.1 Å². The highest BCUT2D eigenvalue weighted by Gasteiger charge is 2.38. The van der Waals surface area contributed by atoms with E-state index in [0.29, 0.717) is 5.54 Å². The van der Waals surface area contributed by atoms with Crippen LogP contribution in [-0.2, 0) is 0 Å². The third-order valence-corrected chi connectivity index (χ3v) is 5.82. The van der Waals surface area contributed by atoms with Gasteiger partial charge >= 0.3 is 0 Å². The summed E-state index contributed by atoms with van der Waals surface area (Å²) < 4.78 is 0. The lowest BCUT2D eigenvalue weighted by molar-refractivity contribution is 0.0528. The third kappa shape index (κ3) is 5.25. The highest BCUT2D eigenvalue weighted by atomic mass is 15.3. The highest BCUT2D eigenvalue weighted by molar-refractivity contribution is 4.99. The molecule has 1 atom stereocenters. The average Bonchev–Trinajstić information content (AvgIpc) is 2.52. The zero-order valence-corrected chi connectivity index (χ0v) is 14.6. The second-order valence-corrected chi connectivity index (χ2v) is 7.52. The Morgan fingerprint density at radius 2 is 1.67 bits per heavy atom. The molecule has 1 aliphatic carbocycles. The second-order valence-electron chi connectivity index (χ2n) is 7.52. The summed E-state index contributed by atoms with van der Waals surface area (Å²) in [4.78, 5) is 2.83. The summed E-state index contributed by atoms with van der Waals surface area (Å²) >= 11 is 0. The molecule has 0 bridgehead atoms. The van der Waals surface area contributed by atoms with Gasteiger partial charge in [0.2, 0.25) is 0 Å². The minimum atomic E-state index is 0.478. The van der Waals surface area contributed by atoms with E-state index in [0.717, 1.165) is 6.04 Å². The van der Waals surface area contributed by atoms with Gasteiger partial charge in [-0.3, -0.25) is 4.90 Å². The number of rotatable bonds is 8. The molecule has 0 aromatic rings. The van der Waals surface area contributed by atoms with Crippen LogP contribution in [0.25, 0.3) is 0 Å². The zero-order chi connectivity index (χ0) is 15.0. The fourth-order valence-corrected chi connectivity index (χ4v) is 4.36. The number of hydrogen-bond acceptors (Lipinski definition) is 2. The van der Waals surface area contributed by atoms with Gasteiger partial charge in [0.25, 0.3) is 0 Å². The SMILES string of the molecule is CCCCCCCCN1CC2(CCCCC2)NCC1CC. The molecule has 2 rings (SSSR count). The van der Waals surface area contributed by atoms with Crippen LogP contribution in [0.15, 0.2) is 0 Å². The Bertz CT molecular complexity index is 271. The van der Waals surface area contributed by atoms with E-state index >= 15 is 0 Å². The van der Waals surface area contributed by atoms with Crippen LogP contribution in [0.5, 0.6) is 0 Å². The van der Waals surface area contributed by atoms with Gasteiger partial charge in [-0.05, 0) is 32.2 Å². The lowest BCUT2D eigenvalue weighted by Crippen LogP contribution is -2.64. The Morgan fingerprint density at radius 1 is 0.952 bits per heavy atom. The van der Waals surface area contributed by atoms with Crippen molar-refractivity contribution < 1.29 is 0 Å².